The van der Waals surface area contributed by atoms with Crippen LogP contribution in [-0.2, 0) is 11.2 Å². The van der Waals surface area contributed by atoms with E-state index < -0.39 is 0 Å². The number of aromatic nitrogens is 4. The molecule has 150 valence electrons. The van der Waals surface area contributed by atoms with Gasteiger partial charge in [-0.15, -0.1) is 10.2 Å². The first-order chi connectivity index (χ1) is 14.2. The number of amides is 1. The fourth-order valence-corrected chi connectivity index (χ4v) is 3.58. The number of nitrogens with zero attached hydrogens (tertiary/aromatic N) is 6. The molecule has 1 aliphatic rings. The molecule has 1 aliphatic heterocycles. The monoisotopic (exact) mass is 390 g/mol. The van der Waals surface area contributed by atoms with Crippen molar-refractivity contribution in [3.63, 3.8) is 0 Å². The van der Waals surface area contributed by atoms with E-state index in [2.05, 4.69) is 32.3 Å². The van der Waals surface area contributed by atoms with Crippen LogP contribution in [0, 0.1) is 6.92 Å². The van der Waals surface area contributed by atoms with Gasteiger partial charge in [-0.3, -0.25) is 4.79 Å². The molecule has 1 saturated heterocycles. The van der Waals surface area contributed by atoms with Gasteiger partial charge in [-0.2, -0.15) is 5.10 Å². The molecule has 3 heterocycles. The summed E-state index contributed by atoms with van der Waals surface area (Å²) in [5, 5.41) is 13.0. The number of aryl methyl sites for hydroxylation is 2. The maximum absolute atomic E-state index is 12.5. The standard InChI is InChI=1S/C22H26N6O/c1-18-12-13-28(25-18)21-11-10-20(23-24-21)26-14-16-27(17-15-26)22(29)9-5-8-19-6-3-2-4-7-19/h2-4,6-7,10-13H,5,8-9,14-17H2,1H3. The van der Waals surface area contributed by atoms with E-state index in [0.29, 0.717) is 12.2 Å². The van der Waals surface area contributed by atoms with Gasteiger partial charge in [0, 0.05) is 38.8 Å². The van der Waals surface area contributed by atoms with Gasteiger partial charge in [0.1, 0.15) is 0 Å². The highest BCUT2D eigenvalue weighted by molar-refractivity contribution is 5.76. The Labute approximate surface area is 171 Å². The van der Waals surface area contributed by atoms with E-state index in [9.17, 15) is 4.79 Å². The van der Waals surface area contributed by atoms with Gasteiger partial charge in [0.05, 0.1) is 5.69 Å². The predicted octanol–water partition coefficient (Wildman–Crippen LogP) is 2.64. The Morgan fingerprint density at radius 1 is 0.931 bits per heavy atom. The zero-order chi connectivity index (χ0) is 20.1. The lowest BCUT2D eigenvalue weighted by Gasteiger charge is -2.35. The molecule has 1 aromatic carbocycles. The van der Waals surface area contributed by atoms with Gasteiger partial charge in [0.25, 0.3) is 0 Å². The van der Waals surface area contributed by atoms with E-state index in [-0.39, 0.29) is 5.91 Å². The molecule has 1 amide bonds. The van der Waals surface area contributed by atoms with Crippen molar-refractivity contribution in [1.29, 1.82) is 0 Å². The molecule has 2 aromatic heterocycles. The topological polar surface area (TPSA) is 67.2 Å². The Morgan fingerprint density at radius 2 is 1.66 bits per heavy atom. The third kappa shape index (κ3) is 4.80. The lowest BCUT2D eigenvalue weighted by Crippen LogP contribution is -2.49. The normalized spacial score (nSPS) is 14.2. The van der Waals surface area contributed by atoms with Gasteiger partial charge in [0.15, 0.2) is 11.6 Å². The number of hydrogen-bond donors (Lipinski definition) is 0. The molecule has 0 bridgehead atoms. The van der Waals surface area contributed by atoms with E-state index >= 15 is 0 Å². The average Bonchev–Trinajstić information content (AvgIpc) is 3.21. The molecule has 7 heteroatoms. The van der Waals surface area contributed by atoms with E-state index in [1.807, 2.05) is 54.4 Å². The summed E-state index contributed by atoms with van der Waals surface area (Å²) in [7, 11) is 0. The number of anilines is 1. The summed E-state index contributed by atoms with van der Waals surface area (Å²) in [6.45, 7) is 4.96. The molecule has 0 N–H and O–H groups in total. The minimum Gasteiger partial charge on any atom is -0.352 e. The first kappa shape index (κ1) is 19.1. The first-order valence-corrected chi connectivity index (χ1v) is 10.1. The SMILES string of the molecule is Cc1ccn(-c2ccc(N3CCN(C(=O)CCCc4ccccc4)CC3)nn2)n1. The van der Waals surface area contributed by atoms with Gasteiger partial charge >= 0.3 is 0 Å². The van der Waals surface area contributed by atoms with E-state index in [4.69, 9.17) is 0 Å². The first-order valence-electron chi connectivity index (χ1n) is 10.1. The van der Waals surface area contributed by atoms with Crippen LogP contribution >= 0.6 is 0 Å². The van der Waals surface area contributed by atoms with Crippen LogP contribution in [-0.4, -0.2) is 57.0 Å². The summed E-state index contributed by atoms with van der Waals surface area (Å²) < 4.78 is 1.72. The van der Waals surface area contributed by atoms with Crippen molar-refractivity contribution >= 4 is 11.7 Å². The smallest absolute Gasteiger partial charge is 0.222 e. The maximum atomic E-state index is 12.5. The quantitative estimate of drug-likeness (QED) is 0.647. The van der Waals surface area contributed by atoms with E-state index in [1.165, 1.54) is 5.56 Å². The average molecular weight is 390 g/mol. The highest BCUT2D eigenvalue weighted by atomic mass is 16.2. The number of piperazine rings is 1. The predicted molar refractivity (Wildman–Crippen MR) is 112 cm³/mol. The molecule has 3 aromatic rings. The van der Waals surface area contributed by atoms with Crippen molar-refractivity contribution in [2.75, 3.05) is 31.1 Å². The van der Waals surface area contributed by atoms with E-state index in [0.717, 1.165) is 50.5 Å². The van der Waals surface area contributed by atoms with Gasteiger partial charge < -0.3 is 9.80 Å². The number of carbonyl (C=O) groups excluding carboxylic acids is 1. The van der Waals surface area contributed by atoms with Gasteiger partial charge in [0.2, 0.25) is 5.91 Å². The lowest BCUT2D eigenvalue weighted by atomic mass is 10.1. The fraction of sp³-hybridized carbons (Fsp3) is 0.364. The van der Waals surface area contributed by atoms with Crippen molar-refractivity contribution in [3.05, 3.63) is 66.0 Å². The van der Waals surface area contributed by atoms with Crippen molar-refractivity contribution < 1.29 is 4.79 Å². The van der Waals surface area contributed by atoms with E-state index in [1.54, 1.807) is 4.68 Å². The number of hydrogen-bond acceptors (Lipinski definition) is 5. The van der Waals surface area contributed by atoms with Crippen molar-refractivity contribution in [2.45, 2.75) is 26.2 Å². The molecule has 0 unspecified atom stereocenters. The van der Waals surface area contributed by atoms with Gasteiger partial charge in [-0.25, -0.2) is 4.68 Å². The Kier molecular flexibility index (Phi) is 5.84. The zero-order valence-electron chi connectivity index (χ0n) is 16.7. The molecule has 0 spiro atoms. The van der Waals surface area contributed by atoms with Crippen LogP contribution in [0.1, 0.15) is 24.1 Å². The summed E-state index contributed by atoms with van der Waals surface area (Å²) in [6, 6.07) is 16.2. The lowest BCUT2D eigenvalue weighted by molar-refractivity contribution is -0.131. The number of carbonyl (C=O) groups is 1. The second-order valence-electron chi connectivity index (χ2n) is 7.36. The second kappa shape index (κ2) is 8.86. The van der Waals surface area contributed by atoms with Crippen molar-refractivity contribution in [2.24, 2.45) is 0 Å². The Hall–Kier alpha value is -3.22. The molecule has 4 rings (SSSR count). The van der Waals surface area contributed by atoms with Crippen molar-refractivity contribution in [1.82, 2.24) is 24.9 Å². The Bertz CT molecular complexity index is 929. The minimum atomic E-state index is 0.246. The molecule has 0 saturated carbocycles. The summed E-state index contributed by atoms with van der Waals surface area (Å²) in [5.74, 6) is 1.79. The fourth-order valence-electron chi connectivity index (χ4n) is 3.58. The Morgan fingerprint density at radius 3 is 2.31 bits per heavy atom. The maximum Gasteiger partial charge on any atom is 0.222 e. The van der Waals surface area contributed by atoms with Crippen LogP contribution in [0.5, 0.6) is 0 Å². The highest BCUT2D eigenvalue weighted by Gasteiger charge is 2.21. The molecule has 1 fully saturated rings. The summed E-state index contributed by atoms with van der Waals surface area (Å²) in [5.41, 5.74) is 2.23. The Balaban J connectivity index is 1.25. The molecule has 29 heavy (non-hydrogen) atoms. The molecule has 7 nitrogen and oxygen atoms in total. The summed E-state index contributed by atoms with van der Waals surface area (Å²) in [4.78, 5) is 16.7. The second-order valence-corrected chi connectivity index (χ2v) is 7.36. The van der Waals surface area contributed by atoms with Crippen LogP contribution in [0.25, 0.3) is 5.82 Å². The van der Waals surface area contributed by atoms with Crippen LogP contribution in [0.15, 0.2) is 54.7 Å². The highest BCUT2D eigenvalue weighted by Crippen LogP contribution is 2.15. The summed E-state index contributed by atoms with van der Waals surface area (Å²) >= 11 is 0. The number of benzene rings is 1. The number of rotatable bonds is 6. The van der Waals surface area contributed by atoms with Gasteiger partial charge in [-0.1, -0.05) is 30.3 Å². The molecule has 0 aliphatic carbocycles. The van der Waals surface area contributed by atoms with Crippen LogP contribution in [0.3, 0.4) is 0 Å². The van der Waals surface area contributed by atoms with Crippen LogP contribution in [0.4, 0.5) is 5.82 Å². The summed E-state index contributed by atoms with van der Waals surface area (Å²) in [6.07, 6.45) is 4.32. The van der Waals surface area contributed by atoms with Crippen LogP contribution < -0.4 is 4.90 Å². The zero-order valence-corrected chi connectivity index (χ0v) is 16.7. The van der Waals surface area contributed by atoms with Crippen LogP contribution in [0.2, 0.25) is 0 Å². The van der Waals surface area contributed by atoms with Crippen molar-refractivity contribution in [3.8, 4) is 5.82 Å². The minimum absolute atomic E-state index is 0.246. The molecule has 0 radical (unpaired) electrons. The third-order valence-corrected chi connectivity index (χ3v) is 5.25. The largest absolute Gasteiger partial charge is 0.352 e. The molecule has 0 atom stereocenters. The third-order valence-electron chi connectivity index (χ3n) is 5.25. The van der Waals surface area contributed by atoms with Gasteiger partial charge in [-0.05, 0) is 43.5 Å². The molecular weight excluding hydrogens is 364 g/mol. The molecular formula is C22H26N6O.